The molecule has 4 nitrogen and oxygen atoms in total. The Balaban J connectivity index is 2.17. The molecule has 0 aliphatic heterocycles. The molecule has 0 spiro atoms. The highest BCUT2D eigenvalue weighted by Gasteiger charge is 2.21. The Labute approximate surface area is 157 Å². The number of amides is 1. The highest BCUT2D eigenvalue weighted by molar-refractivity contribution is 9.11. The Kier molecular flexibility index (Phi) is 6.18. The molecule has 0 radical (unpaired) electrons. The van der Waals surface area contributed by atoms with Crippen molar-refractivity contribution >= 4 is 43.7 Å². The fraction of sp³-hybridized carbons (Fsp3) is 0.222. The maximum absolute atomic E-state index is 12.4. The zero-order chi connectivity index (χ0) is 17.9. The van der Waals surface area contributed by atoms with E-state index in [0.29, 0.717) is 5.56 Å². The molecular formula is C18H17Br2NO3. The molecular weight excluding hydrogens is 438 g/mol. The van der Waals surface area contributed by atoms with E-state index in [2.05, 4.69) is 37.2 Å². The molecule has 1 atom stereocenters. The van der Waals surface area contributed by atoms with Gasteiger partial charge in [-0.15, -0.1) is 0 Å². The van der Waals surface area contributed by atoms with E-state index in [-0.39, 0.29) is 6.42 Å². The van der Waals surface area contributed by atoms with Crippen LogP contribution in [-0.4, -0.2) is 23.0 Å². The summed E-state index contributed by atoms with van der Waals surface area (Å²) in [7, 11) is 0. The number of rotatable bonds is 5. The minimum absolute atomic E-state index is 0.233. The quantitative estimate of drug-likeness (QED) is 0.709. The van der Waals surface area contributed by atoms with Crippen LogP contribution in [0.2, 0.25) is 0 Å². The SMILES string of the molecule is Cc1ccc(C[C@H](NC(=O)c2cc(Br)cc(Br)c2)C(=O)O)cc1C. The highest BCUT2D eigenvalue weighted by Crippen LogP contribution is 2.20. The average Bonchev–Trinajstić information content (AvgIpc) is 2.49. The van der Waals surface area contributed by atoms with Crippen LogP contribution in [-0.2, 0) is 11.2 Å². The molecule has 0 aromatic heterocycles. The Morgan fingerprint density at radius 2 is 1.67 bits per heavy atom. The molecule has 0 saturated heterocycles. The molecule has 0 heterocycles. The monoisotopic (exact) mass is 453 g/mol. The van der Waals surface area contributed by atoms with Crippen molar-refractivity contribution in [2.75, 3.05) is 0 Å². The van der Waals surface area contributed by atoms with Gasteiger partial charge in [-0.2, -0.15) is 0 Å². The average molecular weight is 455 g/mol. The number of halogens is 2. The zero-order valence-electron chi connectivity index (χ0n) is 13.3. The highest BCUT2D eigenvalue weighted by atomic mass is 79.9. The van der Waals surface area contributed by atoms with Crippen LogP contribution in [0, 0.1) is 13.8 Å². The molecule has 126 valence electrons. The smallest absolute Gasteiger partial charge is 0.326 e. The summed E-state index contributed by atoms with van der Waals surface area (Å²) < 4.78 is 1.48. The first-order valence-electron chi connectivity index (χ1n) is 7.32. The van der Waals surface area contributed by atoms with Crippen LogP contribution in [0.5, 0.6) is 0 Å². The topological polar surface area (TPSA) is 66.4 Å². The summed E-state index contributed by atoms with van der Waals surface area (Å²) in [6.07, 6.45) is 0.233. The van der Waals surface area contributed by atoms with Crippen LogP contribution in [0.25, 0.3) is 0 Å². The summed E-state index contributed by atoms with van der Waals surface area (Å²) in [6, 6.07) is 9.91. The number of carbonyl (C=O) groups is 2. The lowest BCUT2D eigenvalue weighted by molar-refractivity contribution is -0.139. The fourth-order valence-electron chi connectivity index (χ4n) is 2.29. The normalized spacial score (nSPS) is 11.8. The van der Waals surface area contributed by atoms with E-state index in [1.54, 1.807) is 18.2 Å². The van der Waals surface area contributed by atoms with Gasteiger partial charge in [0, 0.05) is 20.9 Å². The molecule has 0 bridgehead atoms. The number of nitrogens with one attached hydrogen (secondary N) is 1. The van der Waals surface area contributed by atoms with E-state index in [4.69, 9.17) is 0 Å². The molecule has 2 aromatic rings. The molecule has 2 N–H and O–H groups in total. The summed E-state index contributed by atoms with van der Waals surface area (Å²) in [6.45, 7) is 3.98. The van der Waals surface area contributed by atoms with Crippen molar-refractivity contribution < 1.29 is 14.7 Å². The number of carboxylic acid groups (broad SMARTS) is 1. The molecule has 1 amide bonds. The summed E-state index contributed by atoms with van der Waals surface area (Å²) in [4.78, 5) is 23.9. The van der Waals surface area contributed by atoms with Gasteiger partial charge in [-0.25, -0.2) is 4.79 Å². The molecule has 0 aliphatic carbocycles. The van der Waals surface area contributed by atoms with Crippen LogP contribution in [0.15, 0.2) is 45.3 Å². The van der Waals surface area contributed by atoms with Gasteiger partial charge in [0.05, 0.1) is 0 Å². The number of benzene rings is 2. The van der Waals surface area contributed by atoms with Crippen LogP contribution in [0.3, 0.4) is 0 Å². The minimum Gasteiger partial charge on any atom is -0.480 e. The van der Waals surface area contributed by atoms with Crippen molar-refractivity contribution in [3.8, 4) is 0 Å². The first-order chi connectivity index (χ1) is 11.3. The molecule has 0 saturated carbocycles. The number of hydrogen-bond acceptors (Lipinski definition) is 2. The van der Waals surface area contributed by atoms with Crippen molar-refractivity contribution in [2.45, 2.75) is 26.3 Å². The van der Waals surface area contributed by atoms with Crippen molar-refractivity contribution in [1.82, 2.24) is 5.32 Å². The van der Waals surface area contributed by atoms with Gasteiger partial charge in [0.15, 0.2) is 0 Å². The predicted molar refractivity (Wildman–Crippen MR) is 100 cm³/mol. The summed E-state index contributed by atoms with van der Waals surface area (Å²) in [5, 5.41) is 12.0. The lowest BCUT2D eigenvalue weighted by Crippen LogP contribution is -2.42. The third kappa shape index (κ3) is 4.92. The fourth-order valence-corrected chi connectivity index (χ4v) is 3.59. The molecule has 2 aromatic carbocycles. The summed E-state index contributed by atoms with van der Waals surface area (Å²) in [5.74, 6) is -1.48. The molecule has 0 unspecified atom stereocenters. The van der Waals surface area contributed by atoms with Gasteiger partial charge >= 0.3 is 5.97 Å². The summed E-state index contributed by atoms with van der Waals surface area (Å²) in [5.41, 5.74) is 3.51. The predicted octanol–water partition coefficient (Wildman–Crippen LogP) is 4.25. The minimum atomic E-state index is -1.06. The molecule has 0 aliphatic rings. The first-order valence-corrected chi connectivity index (χ1v) is 8.91. The van der Waals surface area contributed by atoms with Gasteiger partial charge in [0.1, 0.15) is 6.04 Å². The van der Waals surface area contributed by atoms with E-state index >= 15 is 0 Å². The number of aliphatic carboxylic acids is 1. The second-order valence-corrected chi connectivity index (χ2v) is 7.48. The number of carboxylic acids is 1. The van der Waals surface area contributed by atoms with Crippen LogP contribution in [0.1, 0.15) is 27.0 Å². The van der Waals surface area contributed by atoms with Crippen molar-refractivity contribution in [1.29, 1.82) is 0 Å². The molecule has 24 heavy (non-hydrogen) atoms. The maximum atomic E-state index is 12.4. The van der Waals surface area contributed by atoms with Gasteiger partial charge in [0.2, 0.25) is 0 Å². The van der Waals surface area contributed by atoms with Gasteiger partial charge in [-0.1, -0.05) is 50.1 Å². The number of hydrogen-bond donors (Lipinski definition) is 2. The van der Waals surface area contributed by atoms with Crippen LogP contribution >= 0.6 is 31.9 Å². The summed E-state index contributed by atoms with van der Waals surface area (Å²) >= 11 is 6.64. The first kappa shape index (κ1) is 18.7. The Hall–Kier alpha value is -1.66. The van der Waals surface area contributed by atoms with E-state index in [1.165, 1.54) is 0 Å². The van der Waals surface area contributed by atoms with E-state index in [1.807, 2.05) is 32.0 Å². The third-order valence-electron chi connectivity index (χ3n) is 3.74. The second-order valence-electron chi connectivity index (χ2n) is 5.65. The molecule has 0 fully saturated rings. The Morgan fingerprint density at radius 1 is 1.04 bits per heavy atom. The van der Waals surface area contributed by atoms with Gasteiger partial charge < -0.3 is 10.4 Å². The van der Waals surface area contributed by atoms with E-state index in [0.717, 1.165) is 25.6 Å². The second kappa shape index (κ2) is 7.94. The van der Waals surface area contributed by atoms with Crippen molar-refractivity contribution in [3.63, 3.8) is 0 Å². The lowest BCUT2D eigenvalue weighted by atomic mass is 10.0. The third-order valence-corrected chi connectivity index (χ3v) is 4.65. The molecule has 2 rings (SSSR count). The number of carbonyl (C=O) groups excluding carboxylic acids is 1. The Bertz CT molecular complexity index is 770. The zero-order valence-corrected chi connectivity index (χ0v) is 16.4. The van der Waals surface area contributed by atoms with Gasteiger partial charge in [0.25, 0.3) is 5.91 Å². The van der Waals surface area contributed by atoms with E-state index in [9.17, 15) is 14.7 Å². The van der Waals surface area contributed by atoms with Crippen LogP contribution in [0.4, 0.5) is 0 Å². The van der Waals surface area contributed by atoms with Gasteiger partial charge in [-0.3, -0.25) is 4.79 Å². The van der Waals surface area contributed by atoms with Gasteiger partial charge in [-0.05, 0) is 48.7 Å². The standard InChI is InChI=1S/C18H17Br2NO3/c1-10-3-4-12(5-11(10)2)6-16(18(23)24)21-17(22)13-7-14(19)9-15(20)8-13/h3-5,7-9,16H,6H2,1-2H3,(H,21,22)(H,23,24)/t16-/m0/s1. The van der Waals surface area contributed by atoms with E-state index < -0.39 is 17.9 Å². The molecule has 6 heteroatoms. The number of aryl methyl sites for hydroxylation is 2. The van der Waals surface area contributed by atoms with Crippen LogP contribution < -0.4 is 5.32 Å². The van der Waals surface area contributed by atoms with Crippen molar-refractivity contribution in [3.05, 3.63) is 67.6 Å². The van der Waals surface area contributed by atoms with Crippen molar-refractivity contribution in [2.24, 2.45) is 0 Å². The lowest BCUT2D eigenvalue weighted by Gasteiger charge is -2.16. The Morgan fingerprint density at radius 3 is 2.21 bits per heavy atom. The maximum Gasteiger partial charge on any atom is 0.326 e. The largest absolute Gasteiger partial charge is 0.480 e.